The van der Waals surface area contributed by atoms with Gasteiger partial charge in [0.25, 0.3) is 0 Å². The summed E-state index contributed by atoms with van der Waals surface area (Å²) in [5.41, 5.74) is 0. The molecule has 1 fully saturated rings. The van der Waals surface area contributed by atoms with E-state index < -0.39 is 8.80 Å². The monoisotopic (exact) mass is 528 g/mol. The number of hydrogen-bond donors (Lipinski definition) is 0. The molecule has 1 saturated heterocycles. The number of likely N-dealkylation sites (tertiary alicyclic amines) is 1. The fourth-order valence-corrected chi connectivity index (χ4v) is 8.86. The van der Waals surface area contributed by atoms with Crippen LogP contribution in [-0.4, -0.2) is 59.3 Å². The Kier molecular flexibility index (Phi) is 21.8. The van der Waals surface area contributed by atoms with Crippen LogP contribution >= 0.6 is 0 Å². The highest BCUT2D eigenvalue weighted by Gasteiger charge is 2.44. The van der Waals surface area contributed by atoms with Crippen LogP contribution in [0.5, 0.6) is 0 Å². The second-order valence-corrected chi connectivity index (χ2v) is 14.1. The summed E-state index contributed by atoms with van der Waals surface area (Å²) in [6.45, 7) is 15.8. The van der Waals surface area contributed by atoms with E-state index in [9.17, 15) is 0 Å². The van der Waals surface area contributed by atoms with E-state index in [0.717, 1.165) is 6.04 Å². The minimum atomic E-state index is -2.53. The highest BCUT2D eigenvalue weighted by molar-refractivity contribution is 6.60. The standard InChI is InChI=1S/C31H66NO3Si/c1-5-9-10-11-12-13-14-15-16-17-18-19-20-21-22-24-27-32(28-25-23-26-29-32)30-31-36(33-6-2,34-7-3)35-8-4/h5-31H2,1-4H3/q+1. The van der Waals surface area contributed by atoms with E-state index in [1.54, 1.807) is 0 Å². The number of nitrogens with zero attached hydrogens (tertiary/aromatic N) is 1. The summed E-state index contributed by atoms with van der Waals surface area (Å²) in [7, 11) is -2.53. The first-order valence-electron chi connectivity index (χ1n) is 16.4. The van der Waals surface area contributed by atoms with Gasteiger partial charge in [-0.25, -0.2) is 0 Å². The van der Waals surface area contributed by atoms with Crippen molar-refractivity contribution >= 4 is 8.80 Å². The molecule has 0 N–H and O–H groups in total. The zero-order valence-electron chi connectivity index (χ0n) is 25.3. The van der Waals surface area contributed by atoms with Gasteiger partial charge in [0.05, 0.1) is 32.2 Å². The second kappa shape index (κ2) is 23.0. The molecule has 1 aliphatic rings. The second-order valence-electron chi connectivity index (χ2n) is 11.3. The maximum absolute atomic E-state index is 6.17. The average molecular weight is 529 g/mol. The van der Waals surface area contributed by atoms with E-state index in [-0.39, 0.29) is 0 Å². The molecule has 4 nitrogen and oxygen atoms in total. The van der Waals surface area contributed by atoms with Crippen molar-refractivity contribution in [3.63, 3.8) is 0 Å². The molecule has 1 aliphatic heterocycles. The largest absolute Gasteiger partial charge is 0.506 e. The van der Waals surface area contributed by atoms with Crippen LogP contribution in [0.2, 0.25) is 6.04 Å². The Balaban J connectivity index is 2.17. The lowest BCUT2D eigenvalue weighted by Gasteiger charge is -2.43. The van der Waals surface area contributed by atoms with Gasteiger partial charge in [0, 0.05) is 19.8 Å². The topological polar surface area (TPSA) is 27.7 Å². The van der Waals surface area contributed by atoms with E-state index in [2.05, 4.69) is 27.7 Å². The van der Waals surface area contributed by atoms with Gasteiger partial charge in [-0.15, -0.1) is 0 Å². The number of unbranched alkanes of at least 4 members (excludes halogenated alkanes) is 15. The Labute approximate surface area is 228 Å². The van der Waals surface area contributed by atoms with Crippen LogP contribution in [0.1, 0.15) is 150 Å². The van der Waals surface area contributed by atoms with Gasteiger partial charge < -0.3 is 17.8 Å². The molecule has 0 amide bonds. The maximum atomic E-state index is 6.17. The molecular weight excluding hydrogens is 462 g/mol. The average Bonchev–Trinajstić information content (AvgIpc) is 2.88. The van der Waals surface area contributed by atoms with Crippen LogP contribution < -0.4 is 0 Å². The molecule has 0 spiro atoms. The van der Waals surface area contributed by atoms with Crippen LogP contribution in [0.4, 0.5) is 0 Å². The van der Waals surface area contributed by atoms with Gasteiger partial charge in [0.15, 0.2) is 0 Å². The molecule has 0 radical (unpaired) electrons. The van der Waals surface area contributed by atoms with E-state index in [4.69, 9.17) is 13.3 Å². The predicted molar refractivity (Wildman–Crippen MR) is 159 cm³/mol. The maximum Gasteiger partial charge on any atom is 0.506 e. The first-order chi connectivity index (χ1) is 17.7. The molecule has 0 aromatic rings. The predicted octanol–water partition coefficient (Wildman–Crippen LogP) is 9.30. The Hall–Kier alpha value is 0.0569. The molecule has 0 aliphatic carbocycles. The van der Waals surface area contributed by atoms with Crippen molar-refractivity contribution in [2.75, 3.05) is 46.0 Å². The van der Waals surface area contributed by atoms with E-state index in [1.165, 1.54) is 153 Å². The first kappa shape index (κ1) is 34.1. The van der Waals surface area contributed by atoms with Crippen LogP contribution in [0.15, 0.2) is 0 Å². The molecule has 216 valence electrons. The Morgan fingerprint density at radius 1 is 0.472 bits per heavy atom. The fraction of sp³-hybridized carbons (Fsp3) is 1.00. The third-order valence-corrected chi connectivity index (χ3v) is 11.3. The number of piperidine rings is 1. The molecule has 0 saturated carbocycles. The highest BCUT2D eigenvalue weighted by atomic mass is 28.4. The van der Waals surface area contributed by atoms with Crippen LogP contribution in [-0.2, 0) is 13.3 Å². The number of quaternary nitrogens is 1. The molecule has 36 heavy (non-hydrogen) atoms. The molecule has 0 aromatic carbocycles. The molecule has 0 atom stereocenters. The minimum absolute atomic E-state index is 0.686. The SMILES string of the molecule is CCCCCCCCCCCCCCCCCC[N+]1(CC[Si](OCC)(OCC)OCC)CCCCC1. The lowest BCUT2D eigenvalue weighted by molar-refractivity contribution is -0.931. The molecule has 1 rings (SSSR count). The van der Waals surface area contributed by atoms with Gasteiger partial charge in [0.1, 0.15) is 0 Å². The van der Waals surface area contributed by atoms with E-state index >= 15 is 0 Å². The lowest BCUT2D eigenvalue weighted by atomic mass is 10.0. The van der Waals surface area contributed by atoms with E-state index in [0.29, 0.717) is 19.8 Å². The normalized spacial score (nSPS) is 16.0. The van der Waals surface area contributed by atoms with Gasteiger partial charge >= 0.3 is 8.80 Å². The third-order valence-electron chi connectivity index (χ3n) is 8.24. The van der Waals surface area contributed by atoms with Crippen molar-refractivity contribution in [1.29, 1.82) is 0 Å². The smallest absolute Gasteiger partial charge is 0.374 e. The van der Waals surface area contributed by atoms with Crippen LogP contribution in [0.25, 0.3) is 0 Å². The van der Waals surface area contributed by atoms with Gasteiger partial charge in [0.2, 0.25) is 0 Å². The molecule has 0 unspecified atom stereocenters. The number of rotatable bonds is 26. The van der Waals surface area contributed by atoms with Gasteiger partial charge in [-0.3, -0.25) is 0 Å². The van der Waals surface area contributed by atoms with Crippen molar-refractivity contribution in [3.8, 4) is 0 Å². The lowest BCUT2D eigenvalue weighted by Crippen LogP contribution is -2.56. The van der Waals surface area contributed by atoms with Crippen LogP contribution in [0.3, 0.4) is 0 Å². The third kappa shape index (κ3) is 16.1. The van der Waals surface area contributed by atoms with Crippen molar-refractivity contribution in [1.82, 2.24) is 0 Å². The minimum Gasteiger partial charge on any atom is -0.374 e. The summed E-state index contributed by atoms with van der Waals surface area (Å²) in [5.74, 6) is 0. The Morgan fingerprint density at radius 3 is 1.25 bits per heavy atom. The zero-order valence-corrected chi connectivity index (χ0v) is 26.3. The summed E-state index contributed by atoms with van der Waals surface area (Å²) in [6, 6.07) is 0.974. The number of hydrogen-bond acceptors (Lipinski definition) is 3. The first-order valence-corrected chi connectivity index (χ1v) is 18.4. The summed E-state index contributed by atoms with van der Waals surface area (Å²) < 4.78 is 19.8. The zero-order chi connectivity index (χ0) is 26.2. The summed E-state index contributed by atoms with van der Waals surface area (Å²) in [5, 5.41) is 0. The molecule has 5 heteroatoms. The molecule has 0 aromatic heterocycles. The van der Waals surface area contributed by atoms with Crippen LogP contribution in [0, 0.1) is 0 Å². The van der Waals surface area contributed by atoms with Crippen molar-refractivity contribution < 1.29 is 17.8 Å². The quantitative estimate of drug-likeness (QED) is 0.0636. The van der Waals surface area contributed by atoms with Gasteiger partial charge in [-0.1, -0.05) is 96.8 Å². The summed E-state index contributed by atoms with van der Waals surface area (Å²) in [4.78, 5) is 0. The Bertz CT molecular complexity index is 454. The molecular formula is C31H66NO3Si+. The summed E-state index contributed by atoms with van der Waals surface area (Å²) in [6.07, 6.45) is 27.2. The van der Waals surface area contributed by atoms with Gasteiger partial charge in [-0.05, 0) is 52.9 Å². The van der Waals surface area contributed by atoms with Crippen molar-refractivity contribution in [2.24, 2.45) is 0 Å². The Morgan fingerprint density at radius 2 is 0.861 bits per heavy atom. The summed E-state index contributed by atoms with van der Waals surface area (Å²) >= 11 is 0. The highest BCUT2D eigenvalue weighted by Crippen LogP contribution is 2.26. The molecule has 1 heterocycles. The van der Waals surface area contributed by atoms with Gasteiger partial charge in [-0.2, -0.15) is 0 Å². The molecule has 0 bridgehead atoms. The fourth-order valence-electron chi connectivity index (χ4n) is 6.11. The van der Waals surface area contributed by atoms with Crippen molar-refractivity contribution in [3.05, 3.63) is 0 Å². The van der Waals surface area contributed by atoms with E-state index in [1.807, 2.05) is 0 Å². The van der Waals surface area contributed by atoms with Crippen molar-refractivity contribution in [2.45, 2.75) is 156 Å².